The van der Waals surface area contributed by atoms with Crippen LogP contribution in [0.5, 0.6) is 0 Å². The molecule has 6 nitrogen and oxygen atoms in total. The molecule has 0 spiro atoms. The quantitative estimate of drug-likeness (QED) is 0.360. The van der Waals surface area contributed by atoms with Crippen molar-refractivity contribution < 1.29 is 19.3 Å². The number of nitrogens with one attached hydrogen (secondary N) is 1. The van der Waals surface area contributed by atoms with Gasteiger partial charge in [0.05, 0.1) is 0 Å². The molecule has 0 bridgehead atoms. The van der Waals surface area contributed by atoms with Gasteiger partial charge in [0, 0.05) is 6.54 Å². The summed E-state index contributed by atoms with van der Waals surface area (Å²) < 4.78 is 0. The van der Waals surface area contributed by atoms with Gasteiger partial charge in [0.1, 0.15) is 0 Å². The minimum atomic E-state index is -1.22. The molecular weight excluding hydrogens is 188 g/mol. The molecule has 0 aliphatic heterocycles. The summed E-state index contributed by atoms with van der Waals surface area (Å²) in [6, 6.07) is 0. The maximum Gasteiger partial charge on any atom is 0.437 e. The Morgan fingerprint density at radius 1 is 1.21 bits per heavy atom. The molecule has 0 heterocycles. The molecule has 0 atom stereocenters. The number of carbonyl (C=O) groups is 2. The highest BCUT2D eigenvalue weighted by atomic mass is 16.7. The fourth-order valence-electron chi connectivity index (χ4n) is 0.830. The molecule has 0 saturated heterocycles. The van der Waals surface area contributed by atoms with Gasteiger partial charge in [0.15, 0.2) is 0 Å². The van der Waals surface area contributed by atoms with Gasteiger partial charge in [-0.1, -0.05) is 26.2 Å². The molecule has 0 aromatic rings. The van der Waals surface area contributed by atoms with Crippen LogP contribution in [0.3, 0.4) is 0 Å². The number of hydrogen-bond acceptors (Lipinski definition) is 6. The van der Waals surface area contributed by atoms with E-state index in [9.17, 15) is 9.59 Å². The number of hydrogen-bond donors (Lipinski definition) is 2. The average Bonchev–Trinajstić information content (AvgIpc) is 2.21. The van der Waals surface area contributed by atoms with E-state index in [0.29, 0.717) is 6.54 Å². The lowest BCUT2D eigenvalue weighted by Crippen LogP contribution is -2.29. The molecule has 0 radical (unpaired) electrons. The summed E-state index contributed by atoms with van der Waals surface area (Å²) in [6.07, 6.45) is 4.22. The number of hydroxylamine groups is 1. The summed E-state index contributed by atoms with van der Waals surface area (Å²) in [4.78, 5) is 29.0. The van der Waals surface area contributed by atoms with E-state index in [2.05, 4.69) is 28.0 Å². The van der Waals surface area contributed by atoms with Gasteiger partial charge in [-0.25, -0.2) is 9.59 Å². The number of nitrogens with two attached hydrogens (primary N) is 1. The normalized spacial score (nSPS) is 9.57. The Balaban J connectivity index is 3.27. The van der Waals surface area contributed by atoms with Crippen LogP contribution in [-0.4, -0.2) is 18.5 Å². The van der Waals surface area contributed by atoms with Crippen molar-refractivity contribution in [3.8, 4) is 0 Å². The zero-order chi connectivity index (χ0) is 10.8. The Bertz CT molecular complexity index is 184. The van der Waals surface area contributed by atoms with Crippen molar-refractivity contribution in [3.05, 3.63) is 0 Å². The van der Waals surface area contributed by atoms with Gasteiger partial charge in [0.2, 0.25) is 0 Å². The second-order valence-electron chi connectivity index (χ2n) is 2.75. The van der Waals surface area contributed by atoms with E-state index in [0.717, 1.165) is 25.7 Å². The zero-order valence-corrected chi connectivity index (χ0v) is 8.25. The molecular formula is C8H16N2O4. The molecule has 6 heteroatoms. The topological polar surface area (TPSA) is 90.6 Å². The molecule has 0 unspecified atom stereocenters. The fourth-order valence-corrected chi connectivity index (χ4v) is 0.830. The first-order valence-electron chi connectivity index (χ1n) is 4.57. The van der Waals surface area contributed by atoms with Crippen molar-refractivity contribution in [2.75, 3.05) is 6.54 Å². The number of carbonyl (C=O) groups excluding carboxylic acids is 2. The van der Waals surface area contributed by atoms with Crippen molar-refractivity contribution in [3.63, 3.8) is 0 Å². The van der Waals surface area contributed by atoms with Crippen LogP contribution in [0.1, 0.15) is 32.6 Å². The number of unbranched alkanes of at least 4 members (excludes halogenated alkanes) is 3. The molecule has 3 N–H and O–H groups in total. The monoisotopic (exact) mass is 204 g/mol. The first-order chi connectivity index (χ1) is 6.72. The van der Waals surface area contributed by atoms with Crippen LogP contribution in [0, 0.1) is 0 Å². The summed E-state index contributed by atoms with van der Waals surface area (Å²) >= 11 is 0. The summed E-state index contributed by atoms with van der Waals surface area (Å²) in [5.41, 5.74) is 2.35. The molecule has 0 saturated carbocycles. The van der Waals surface area contributed by atoms with Crippen LogP contribution < -0.4 is 11.4 Å². The first kappa shape index (κ1) is 12.9. The van der Waals surface area contributed by atoms with Crippen LogP contribution in [0.15, 0.2) is 0 Å². The Labute approximate surface area is 82.6 Å². The summed E-state index contributed by atoms with van der Waals surface area (Å²) in [5.74, 6) is 2.11. The molecule has 14 heavy (non-hydrogen) atoms. The van der Waals surface area contributed by atoms with Crippen LogP contribution >= 0.6 is 0 Å². The first-order valence-corrected chi connectivity index (χ1v) is 4.57. The molecule has 82 valence electrons. The Morgan fingerprint density at radius 2 is 1.93 bits per heavy atom. The van der Waals surface area contributed by atoms with E-state index in [-0.39, 0.29) is 0 Å². The smallest absolute Gasteiger partial charge is 0.365 e. The van der Waals surface area contributed by atoms with Gasteiger partial charge in [0.25, 0.3) is 0 Å². The Hall–Kier alpha value is -1.14. The highest BCUT2D eigenvalue weighted by Crippen LogP contribution is 1.96. The standard InChI is InChI=1S/C8H16N2O4/c1-2-3-4-5-6-10-14-8(12)7(11)13-9/h10H,2-6,9H2,1H3. The molecule has 0 amide bonds. The predicted octanol–water partition coefficient (Wildman–Crippen LogP) is 0.0314. The van der Waals surface area contributed by atoms with E-state index in [1.807, 2.05) is 0 Å². The van der Waals surface area contributed by atoms with Crippen molar-refractivity contribution in [1.29, 1.82) is 0 Å². The molecule has 0 rings (SSSR count). The van der Waals surface area contributed by atoms with Crippen molar-refractivity contribution in [2.24, 2.45) is 5.90 Å². The third-order valence-electron chi connectivity index (χ3n) is 1.57. The summed E-state index contributed by atoms with van der Waals surface area (Å²) in [7, 11) is 0. The Kier molecular flexibility index (Phi) is 7.77. The zero-order valence-electron chi connectivity index (χ0n) is 8.25. The maximum absolute atomic E-state index is 10.6. The van der Waals surface area contributed by atoms with Crippen LogP contribution in [0.2, 0.25) is 0 Å². The van der Waals surface area contributed by atoms with Crippen molar-refractivity contribution in [1.82, 2.24) is 5.48 Å². The van der Waals surface area contributed by atoms with Gasteiger partial charge in [-0.05, 0) is 6.42 Å². The van der Waals surface area contributed by atoms with E-state index in [1.54, 1.807) is 0 Å². The van der Waals surface area contributed by atoms with E-state index in [4.69, 9.17) is 0 Å². The fraction of sp³-hybridized carbons (Fsp3) is 0.750. The van der Waals surface area contributed by atoms with Crippen molar-refractivity contribution in [2.45, 2.75) is 32.6 Å². The van der Waals surface area contributed by atoms with Gasteiger partial charge in [-0.3, -0.25) is 0 Å². The van der Waals surface area contributed by atoms with Crippen molar-refractivity contribution >= 4 is 11.9 Å². The summed E-state index contributed by atoms with van der Waals surface area (Å²) in [5, 5.41) is 0. The summed E-state index contributed by atoms with van der Waals surface area (Å²) in [6.45, 7) is 2.62. The SMILES string of the molecule is CCCCCCNOC(=O)C(=O)ON. The highest BCUT2D eigenvalue weighted by Gasteiger charge is 2.16. The highest BCUT2D eigenvalue weighted by molar-refractivity contribution is 6.29. The van der Waals surface area contributed by atoms with Gasteiger partial charge >= 0.3 is 11.9 Å². The van der Waals surface area contributed by atoms with Gasteiger partial charge < -0.3 is 9.68 Å². The van der Waals surface area contributed by atoms with E-state index < -0.39 is 11.9 Å². The second-order valence-corrected chi connectivity index (χ2v) is 2.75. The minimum absolute atomic E-state index is 0.517. The van der Waals surface area contributed by atoms with Crippen LogP contribution in [-0.2, 0) is 19.3 Å². The molecule has 0 fully saturated rings. The second kappa shape index (κ2) is 8.46. The molecule has 0 aliphatic carbocycles. The molecule has 0 aliphatic rings. The maximum atomic E-state index is 10.6. The third-order valence-corrected chi connectivity index (χ3v) is 1.57. The van der Waals surface area contributed by atoms with Crippen LogP contribution in [0.25, 0.3) is 0 Å². The van der Waals surface area contributed by atoms with Gasteiger partial charge in [-0.15, -0.1) is 0 Å². The molecule has 0 aromatic heterocycles. The van der Waals surface area contributed by atoms with Crippen LogP contribution in [0.4, 0.5) is 0 Å². The van der Waals surface area contributed by atoms with E-state index in [1.165, 1.54) is 0 Å². The number of rotatable bonds is 6. The minimum Gasteiger partial charge on any atom is -0.365 e. The largest absolute Gasteiger partial charge is 0.437 e. The lowest BCUT2D eigenvalue weighted by molar-refractivity contribution is -0.172. The Morgan fingerprint density at radius 3 is 2.50 bits per heavy atom. The lowest BCUT2D eigenvalue weighted by atomic mass is 10.2. The average molecular weight is 204 g/mol. The van der Waals surface area contributed by atoms with Gasteiger partial charge in [-0.2, -0.15) is 11.4 Å². The predicted molar refractivity (Wildman–Crippen MR) is 48.5 cm³/mol. The van der Waals surface area contributed by atoms with E-state index >= 15 is 0 Å². The molecule has 0 aromatic carbocycles. The third kappa shape index (κ3) is 6.38. The lowest BCUT2D eigenvalue weighted by Gasteiger charge is -2.03.